The molecule has 1 heterocycles. The van der Waals surface area contributed by atoms with Gasteiger partial charge in [0.05, 0.1) is 0 Å². The molecular weight excluding hydrogens is 224 g/mol. The summed E-state index contributed by atoms with van der Waals surface area (Å²) in [7, 11) is 6.26. The molecule has 1 saturated carbocycles. The quantitative estimate of drug-likeness (QED) is 0.839. The van der Waals surface area contributed by atoms with Crippen LogP contribution in [-0.4, -0.2) is 43.1 Å². The van der Waals surface area contributed by atoms with Crippen LogP contribution in [0.4, 0.5) is 11.6 Å². The molecule has 1 aliphatic carbocycles. The van der Waals surface area contributed by atoms with Gasteiger partial charge in [0, 0.05) is 19.1 Å². The summed E-state index contributed by atoms with van der Waals surface area (Å²) >= 11 is 0. The van der Waals surface area contributed by atoms with Gasteiger partial charge in [0.2, 0.25) is 0 Å². The van der Waals surface area contributed by atoms with Crippen molar-refractivity contribution < 1.29 is 0 Å². The normalized spacial score (nSPS) is 18.0. The van der Waals surface area contributed by atoms with E-state index in [2.05, 4.69) is 34.6 Å². The van der Waals surface area contributed by atoms with Crippen molar-refractivity contribution in [3.63, 3.8) is 0 Å². The van der Waals surface area contributed by atoms with Crippen molar-refractivity contribution in [1.82, 2.24) is 9.88 Å². The van der Waals surface area contributed by atoms with Crippen LogP contribution in [0, 0.1) is 0 Å². The molecular formula is C14H24N4. The fraction of sp³-hybridized carbons (Fsp3) is 0.643. The number of rotatable bonds is 5. The van der Waals surface area contributed by atoms with Gasteiger partial charge < -0.3 is 15.5 Å². The van der Waals surface area contributed by atoms with E-state index in [1.54, 1.807) is 0 Å². The molecule has 0 unspecified atom stereocenters. The van der Waals surface area contributed by atoms with Gasteiger partial charge in [0.25, 0.3) is 0 Å². The maximum absolute atomic E-state index is 4.50. The molecule has 1 fully saturated rings. The Kier molecular flexibility index (Phi) is 4.07. The van der Waals surface area contributed by atoms with E-state index in [0.29, 0.717) is 5.54 Å². The number of anilines is 2. The molecule has 100 valence electrons. The summed E-state index contributed by atoms with van der Waals surface area (Å²) in [4.78, 5) is 6.87. The maximum Gasteiger partial charge on any atom is 0.128 e. The van der Waals surface area contributed by atoms with E-state index in [9.17, 15) is 0 Å². The van der Waals surface area contributed by atoms with E-state index in [1.807, 2.05) is 25.2 Å². The Hall–Kier alpha value is -1.29. The average Bonchev–Trinajstić information content (AvgIpc) is 2.87. The molecule has 0 atom stereocenters. The van der Waals surface area contributed by atoms with Crippen molar-refractivity contribution in [3.8, 4) is 0 Å². The number of aromatic nitrogens is 1. The van der Waals surface area contributed by atoms with Crippen molar-refractivity contribution in [3.05, 3.63) is 18.2 Å². The van der Waals surface area contributed by atoms with Gasteiger partial charge in [0.15, 0.2) is 0 Å². The first kappa shape index (κ1) is 13.1. The molecule has 0 bridgehead atoms. The van der Waals surface area contributed by atoms with Crippen molar-refractivity contribution in [2.75, 3.05) is 38.3 Å². The minimum atomic E-state index is 0.303. The van der Waals surface area contributed by atoms with Crippen LogP contribution in [0.1, 0.15) is 25.7 Å². The van der Waals surface area contributed by atoms with Gasteiger partial charge >= 0.3 is 0 Å². The lowest BCUT2D eigenvalue weighted by Gasteiger charge is -2.36. The molecule has 1 aromatic rings. The first-order valence-electron chi connectivity index (χ1n) is 6.72. The van der Waals surface area contributed by atoms with E-state index >= 15 is 0 Å². The van der Waals surface area contributed by atoms with Crippen molar-refractivity contribution in [2.45, 2.75) is 31.2 Å². The molecule has 1 aromatic heterocycles. The lowest BCUT2D eigenvalue weighted by Crippen LogP contribution is -2.47. The first-order chi connectivity index (χ1) is 8.66. The SMILES string of the molecule is CNc1cccc(NCC2(N(C)C)CCCC2)n1. The molecule has 2 N–H and O–H groups in total. The smallest absolute Gasteiger partial charge is 0.128 e. The molecule has 4 heteroatoms. The Morgan fingerprint density at radius 2 is 1.89 bits per heavy atom. The lowest BCUT2D eigenvalue weighted by atomic mass is 9.96. The standard InChI is InChI=1S/C14H24N4/c1-15-12-7-6-8-13(17-12)16-11-14(18(2)3)9-4-5-10-14/h6-8H,4-5,9-11H2,1-3H3,(H2,15,16,17). The lowest BCUT2D eigenvalue weighted by molar-refractivity contribution is 0.172. The highest BCUT2D eigenvalue weighted by atomic mass is 15.2. The Balaban J connectivity index is 2.01. The van der Waals surface area contributed by atoms with Gasteiger partial charge in [-0.25, -0.2) is 4.98 Å². The molecule has 0 aromatic carbocycles. The van der Waals surface area contributed by atoms with Gasteiger partial charge in [-0.2, -0.15) is 0 Å². The Bertz CT molecular complexity index is 383. The van der Waals surface area contributed by atoms with E-state index in [0.717, 1.165) is 18.2 Å². The fourth-order valence-corrected chi connectivity index (χ4v) is 2.74. The molecule has 18 heavy (non-hydrogen) atoms. The van der Waals surface area contributed by atoms with Gasteiger partial charge in [-0.15, -0.1) is 0 Å². The van der Waals surface area contributed by atoms with Gasteiger partial charge in [-0.05, 0) is 39.1 Å². The molecule has 0 spiro atoms. The van der Waals surface area contributed by atoms with Crippen LogP contribution in [-0.2, 0) is 0 Å². The van der Waals surface area contributed by atoms with Crippen LogP contribution < -0.4 is 10.6 Å². The van der Waals surface area contributed by atoms with Crippen LogP contribution in [0.5, 0.6) is 0 Å². The predicted octanol–water partition coefficient (Wildman–Crippen LogP) is 2.41. The summed E-state index contributed by atoms with van der Waals surface area (Å²) in [5.41, 5.74) is 0.303. The third-order valence-electron chi connectivity index (χ3n) is 4.09. The summed E-state index contributed by atoms with van der Waals surface area (Å²) in [5, 5.41) is 6.56. The predicted molar refractivity (Wildman–Crippen MR) is 77.2 cm³/mol. The Labute approximate surface area is 110 Å². The summed E-state index contributed by atoms with van der Waals surface area (Å²) in [6, 6.07) is 6.03. The highest BCUT2D eigenvalue weighted by Crippen LogP contribution is 2.33. The third-order valence-corrected chi connectivity index (χ3v) is 4.09. The highest BCUT2D eigenvalue weighted by molar-refractivity contribution is 5.44. The Morgan fingerprint density at radius 3 is 2.50 bits per heavy atom. The number of nitrogens with zero attached hydrogens (tertiary/aromatic N) is 2. The fourth-order valence-electron chi connectivity index (χ4n) is 2.74. The zero-order chi connectivity index (χ0) is 13.0. The molecule has 4 nitrogen and oxygen atoms in total. The van der Waals surface area contributed by atoms with Crippen molar-refractivity contribution in [1.29, 1.82) is 0 Å². The molecule has 1 aliphatic rings. The van der Waals surface area contributed by atoms with Crippen LogP contribution in [0.3, 0.4) is 0 Å². The van der Waals surface area contributed by atoms with Crippen LogP contribution in [0.15, 0.2) is 18.2 Å². The minimum absolute atomic E-state index is 0.303. The summed E-state index contributed by atoms with van der Waals surface area (Å²) in [6.07, 6.45) is 5.23. The van der Waals surface area contributed by atoms with Gasteiger partial charge in [-0.3, -0.25) is 0 Å². The molecule has 0 radical (unpaired) electrons. The second-order valence-electron chi connectivity index (χ2n) is 5.34. The monoisotopic (exact) mass is 248 g/mol. The van der Waals surface area contributed by atoms with Crippen molar-refractivity contribution >= 4 is 11.6 Å². The average molecular weight is 248 g/mol. The molecule has 2 rings (SSSR count). The minimum Gasteiger partial charge on any atom is -0.373 e. The molecule has 0 aliphatic heterocycles. The summed E-state index contributed by atoms with van der Waals surface area (Å²) in [5.74, 6) is 1.86. The van der Waals surface area contributed by atoms with Crippen LogP contribution in [0.2, 0.25) is 0 Å². The van der Waals surface area contributed by atoms with Crippen LogP contribution in [0.25, 0.3) is 0 Å². The molecule has 0 amide bonds. The van der Waals surface area contributed by atoms with Gasteiger partial charge in [-0.1, -0.05) is 18.9 Å². The number of likely N-dealkylation sites (N-methyl/N-ethyl adjacent to an activating group) is 1. The highest BCUT2D eigenvalue weighted by Gasteiger charge is 2.35. The molecule has 0 saturated heterocycles. The van der Waals surface area contributed by atoms with E-state index in [1.165, 1.54) is 25.7 Å². The number of pyridine rings is 1. The summed E-state index contributed by atoms with van der Waals surface area (Å²) < 4.78 is 0. The van der Waals surface area contributed by atoms with E-state index < -0.39 is 0 Å². The second kappa shape index (κ2) is 5.57. The van der Waals surface area contributed by atoms with Crippen LogP contribution >= 0.6 is 0 Å². The van der Waals surface area contributed by atoms with Gasteiger partial charge in [0.1, 0.15) is 11.6 Å². The maximum atomic E-state index is 4.50. The first-order valence-corrected chi connectivity index (χ1v) is 6.72. The Morgan fingerprint density at radius 1 is 1.22 bits per heavy atom. The number of hydrogen-bond donors (Lipinski definition) is 2. The van der Waals surface area contributed by atoms with E-state index in [4.69, 9.17) is 0 Å². The zero-order valence-electron chi connectivity index (χ0n) is 11.7. The number of nitrogens with one attached hydrogen (secondary N) is 2. The summed E-state index contributed by atoms with van der Waals surface area (Å²) in [6.45, 7) is 0.972. The topological polar surface area (TPSA) is 40.2 Å². The second-order valence-corrected chi connectivity index (χ2v) is 5.34. The van der Waals surface area contributed by atoms with E-state index in [-0.39, 0.29) is 0 Å². The third kappa shape index (κ3) is 2.75. The van der Waals surface area contributed by atoms with Crippen molar-refractivity contribution in [2.24, 2.45) is 0 Å². The largest absolute Gasteiger partial charge is 0.373 e. The zero-order valence-corrected chi connectivity index (χ0v) is 11.7. The number of hydrogen-bond acceptors (Lipinski definition) is 4.